The molecule has 1 unspecified atom stereocenters. The minimum Gasteiger partial charge on any atom is -0.463 e. The molecule has 1 aliphatic carbocycles. The highest BCUT2D eigenvalue weighted by atomic mass is 35.5. The first-order valence-electron chi connectivity index (χ1n) is 9.22. The van der Waals surface area contributed by atoms with E-state index in [0.29, 0.717) is 6.61 Å². The Bertz CT molecular complexity index is 433. The Labute approximate surface area is 147 Å². The van der Waals surface area contributed by atoms with E-state index in [1.807, 2.05) is 6.92 Å². The van der Waals surface area contributed by atoms with Crippen LogP contribution in [0.1, 0.15) is 79.1 Å². The van der Waals surface area contributed by atoms with Crippen LogP contribution in [0.3, 0.4) is 0 Å². The molecular formula is C20H33ClO2. The van der Waals surface area contributed by atoms with Gasteiger partial charge in [-0.2, -0.15) is 0 Å². The summed E-state index contributed by atoms with van der Waals surface area (Å²) in [7, 11) is 0. The van der Waals surface area contributed by atoms with E-state index in [2.05, 4.69) is 26.8 Å². The molecule has 132 valence electrons. The number of esters is 1. The van der Waals surface area contributed by atoms with Gasteiger partial charge in [-0.25, -0.2) is 4.79 Å². The summed E-state index contributed by atoms with van der Waals surface area (Å²) in [6.45, 7) is 8.91. The Morgan fingerprint density at radius 3 is 2.52 bits per heavy atom. The van der Waals surface area contributed by atoms with Gasteiger partial charge in [0.2, 0.25) is 0 Å². The van der Waals surface area contributed by atoms with Crippen LogP contribution in [0.5, 0.6) is 0 Å². The van der Waals surface area contributed by atoms with Gasteiger partial charge in [0.05, 0.1) is 6.61 Å². The lowest BCUT2D eigenvalue weighted by Gasteiger charge is -2.26. The molecule has 1 atom stereocenters. The zero-order chi connectivity index (χ0) is 17.3. The number of rotatable bonds is 11. The molecule has 0 fully saturated rings. The number of carbonyl (C=O) groups excluding carboxylic acids is 1. The molecule has 2 nitrogen and oxygen atoms in total. The maximum atomic E-state index is 11.4. The van der Waals surface area contributed by atoms with Crippen LogP contribution in [0.2, 0.25) is 0 Å². The fraction of sp³-hybridized carbons (Fsp3) is 0.750. The molecular weight excluding hydrogens is 308 g/mol. The quantitative estimate of drug-likeness (QED) is 0.254. The molecule has 3 heteroatoms. The first kappa shape index (κ1) is 20.3. The molecule has 0 heterocycles. The van der Waals surface area contributed by atoms with Gasteiger partial charge in [-0.3, -0.25) is 0 Å². The molecule has 0 spiro atoms. The number of carbonyl (C=O) groups is 1. The predicted molar refractivity (Wildman–Crippen MR) is 98.8 cm³/mol. The highest BCUT2D eigenvalue weighted by Gasteiger charge is 2.23. The SMILES string of the molecule is CCOC(=O)C=C1C=C(CC(CC)CCCC(Cl)(CC)CC)C1. The number of halogens is 1. The van der Waals surface area contributed by atoms with Crippen LogP contribution in [0, 0.1) is 5.92 Å². The van der Waals surface area contributed by atoms with Gasteiger partial charge in [-0.15, -0.1) is 11.6 Å². The fourth-order valence-corrected chi connectivity index (χ4v) is 3.32. The summed E-state index contributed by atoms with van der Waals surface area (Å²) < 4.78 is 4.93. The molecule has 0 aromatic heterocycles. The second-order valence-electron chi connectivity index (χ2n) is 6.68. The van der Waals surface area contributed by atoms with Gasteiger partial charge in [0.1, 0.15) is 0 Å². The number of hydrogen-bond acceptors (Lipinski definition) is 2. The third-order valence-corrected chi connectivity index (χ3v) is 5.77. The van der Waals surface area contributed by atoms with E-state index in [0.717, 1.165) is 43.6 Å². The Morgan fingerprint density at radius 1 is 1.35 bits per heavy atom. The number of alkyl halides is 1. The van der Waals surface area contributed by atoms with Crippen LogP contribution < -0.4 is 0 Å². The topological polar surface area (TPSA) is 26.3 Å². The molecule has 0 aliphatic heterocycles. The van der Waals surface area contributed by atoms with Crippen molar-refractivity contribution in [3.05, 3.63) is 23.3 Å². The molecule has 0 saturated heterocycles. The van der Waals surface area contributed by atoms with Crippen molar-refractivity contribution >= 4 is 17.6 Å². The Balaban J connectivity index is 2.37. The van der Waals surface area contributed by atoms with Crippen molar-refractivity contribution in [1.29, 1.82) is 0 Å². The van der Waals surface area contributed by atoms with E-state index in [4.69, 9.17) is 16.3 Å². The zero-order valence-corrected chi connectivity index (χ0v) is 16.0. The summed E-state index contributed by atoms with van der Waals surface area (Å²) in [4.78, 5) is 11.4. The molecule has 0 aromatic rings. The smallest absolute Gasteiger partial charge is 0.331 e. The summed E-state index contributed by atoms with van der Waals surface area (Å²) in [5.41, 5.74) is 2.57. The molecule has 0 saturated carbocycles. The standard InChI is InChI=1S/C20H33ClO2/c1-5-16(10-9-11-20(21,6-2)7-3)12-17-13-18(14-17)15-19(22)23-8-4/h13,15-16H,5-12,14H2,1-4H3. The van der Waals surface area contributed by atoms with Gasteiger partial charge in [0, 0.05) is 11.0 Å². The summed E-state index contributed by atoms with van der Waals surface area (Å²) in [6, 6.07) is 0. The maximum absolute atomic E-state index is 11.4. The molecule has 0 N–H and O–H groups in total. The van der Waals surface area contributed by atoms with Crippen LogP contribution in [-0.2, 0) is 9.53 Å². The third kappa shape index (κ3) is 7.12. The van der Waals surface area contributed by atoms with Gasteiger partial charge < -0.3 is 4.74 Å². The summed E-state index contributed by atoms with van der Waals surface area (Å²) >= 11 is 6.61. The average Bonchev–Trinajstić information content (AvgIpc) is 2.51. The zero-order valence-electron chi connectivity index (χ0n) is 15.3. The van der Waals surface area contributed by atoms with Gasteiger partial charge >= 0.3 is 5.97 Å². The van der Waals surface area contributed by atoms with E-state index in [9.17, 15) is 4.79 Å². The molecule has 23 heavy (non-hydrogen) atoms. The lowest BCUT2D eigenvalue weighted by Crippen LogP contribution is -2.19. The predicted octanol–water partition coefficient (Wildman–Crippen LogP) is 6.19. The lowest BCUT2D eigenvalue weighted by molar-refractivity contribution is -0.137. The van der Waals surface area contributed by atoms with Crippen LogP contribution in [-0.4, -0.2) is 17.5 Å². The lowest BCUT2D eigenvalue weighted by atomic mass is 9.82. The largest absolute Gasteiger partial charge is 0.463 e. The summed E-state index contributed by atoms with van der Waals surface area (Å²) in [5, 5.41) is 0. The first-order valence-corrected chi connectivity index (χ1v) is 9.59. The van der Waals surface area contributed by atoms with Crippen LogP contribution >= 0.6 is 11.6 Å². The van der Waals surface area contributed by atoms with Crippen molar-refractivity contribution in [3.63, 3.8) is 0 Å². The third-order valence-electron chi connectivity index (χ3n) is 5.04. The van der Waals surface area contributed by atoms with E-state index in [-0.39, 0.29) is 10.8 Å². The average molecular weight is 341 g/mol. The number of ether oxygens (including phenoxy) is 1. The van der Waals surface area contributed by atoms with Crippen molar-refractivity contribution in [2.75, 3.05) is 6.61 Å². The highest BCUT2D eigenvalue weighted by Crippen LogP contribution is 2.35. The molecule has 1 aliphatic rings. The monoisotopic (exact) mass is 340 g/mol. The second-order valence-corrected chi connectivity index (χ2v) is 7.48. The number of hydrogen-bond donors (Lipinski definition) is 0. The number of allylic oxidation sites excluding steroid dienone is 3. The minimum atomic E-state index is -0.220. The highest BCUT2D eigenvalue weighted by molar-refractivity contribution is 6.23. The van der Waals surface area contributed by atoms with Crippen LogP contribution in [0.15, 0.2) is 23.3 Å². The summed E-state index contributed by atoms with van der Waals surface area (Å²) in [6.07, 6.45) is 12.8. The molecule has 0 amide bonds. The van der Waals surface area contributed by atoms with Gasteiger partial charge in [0.25, 0.3) is 0 Å². The van der Waals surface area contributed by atoms with E-state index in [1.54, 1.807) is 6.08 Å². The molecule has 0 aromatic carbocycles. The molecule has 0 radical (unpaired) electrons. The summed E-state index contributed by atoms with van der Waals surface area (Å²) in [5.74, 6) is 0.516. The Kier molecular flexibility index (Phi) is 8.98. The Hall–Kier alpha value is -0.760. The normalized spacial score (nSPS) is 17.6. The van der Waals surface area contributed by atoms with Crippen molar-refractivity contribution in [3.8, 4) is 0 Å². The van der Waals surface area contributed by atoms with Crippen molar-refractivity contribution in [2.45, 2.75) is 83.9 Å². The first-order chi connectivity index (χ1) is 11.0. The van der Waals surface area contributed by atoms with Crippen molar-refractivity contribution in [1.82, 2.24) is 0 Å². The molecule has 1 rings (SSSR count). The van der Waals surface area contributed by atoms with E-state index < -0.39 is 0 Å². The van der Waals surface area contributed by atoms with Gasteiger partial charge in [-0.1, -0.05) is 51.7 Å². The van der Waals surface area contributed by atoms with Crippen molar-refractivity contribution < 1.29 is 9.53 Å². The van der Waals surface area contributed by atoms with Gasteiger partial charge in [-0.05, 0) is 50.5 Å². The second kappa shape index (κ2) is 10.2. The minimum absolute atomic E-state index is 0.00355. The maximum Gasteiger partial charge on any atom is 0.331 e. The van der Waals surface area contributed by atoms with E-state index in [1.165, 1.54) is 24.8 Å². The van der Waals surface area contributed by atoms with Crippen LogP contribution in [0.4, 0.5) is 0 Å². The van der Waals surface area contributed by atoms with Crippen molar-refractivity contribution in [2.24, 2.45) is 5.92 Å². The van der Waals surface area contributed by atoms with E-state index >= 15 is 0 Å². The fourth-order valence-electron chi connectivity index (χ4n) is 3.19. The van der Waals surface area contributed by atoms with Gasteiger partial charge in [0.15, 0.2) is 0 Å². The Morgan fingerprint density at radius 2 is 2.00 bits per heavy atom. The van der Waals surface area contributed by atoms with Crippen LogP contribution in [0.25, 0.3) is 0 Å². The molecule has 0 bridgehead atoms.